The van der Waals surface area contributed by atoms with Gasteiger partial charge in [-0.15, -0.1) is 0 Å². The molecule has 0 saturated carbocycles. The van der Waals surface area contributed by atoms with Crippen LogP contribution in [-0.2, 0) is 11.3 Å². The van der Waals surface area contributed by atoms with Crippen LogP contribution in [0.2, 0.25) is 0 Å². The fraction of sp³-hybridized carbons (Fsp3) is 0.458. The Morgan fingerprint density at radius 3 is 2.90 bits per heavy atom. The zero-order valence-electron chi connectivity index (χ0n) is 17.9. The molecule has 0 bridgehead atoms. The maximum absolute atomic E-state index is 12.3. The Hall–Kier alpha value is -2.31. The first kappa shape index (κ1) is 20.9. The minimum Gasteiger partial charge on any atom is -0.465 e. The fourth-order valence-electron chi connectivity index (χ4n) is 4.73. The largest absolute Gasteiger partial charge is 0.465 e. The maximum atomic E-state index is 12.3. The molecule has 30 heavy (non-hydrogen) atoms. The SMILES string of the molecule is COC(=O)c1cscc1CN1[C@@H](C2=NC=CCC2C)CCC[C@H]1c1ncccc1C. The van der Waals surface area contributed by atoms with Crippen LogP contribution in [0.3, 0.4) is 0 Å². The third-order valence-corrected chi connectivity index (χ3v) is 7.08. The second-order valence-electron chi connectivity index (χ2n) is 8.22. The molecule has 0 N–H and O–H groups in total. The average Bonchev–Trinajstić information content (AvgIpc) is 3.23. The molecule has 0 aliphatic carbocycles. The van der Waals surface area contributed by atoms with Crippen molar-refractivity contribution in [2.24, 2.45) is 10.9 Å². The number of carbonyl (C=O) groups is 1. The van der Waals surface area contributed by atoms with Crippen molar-refractivity contribution in [2.45, 2.75) is 58.2 Å². The molecule has 1 fully saturated rings. The quantitative estimate of drug-likeness (QED) is 0.610. The highest BCUT2D eigenvalue weighted by Crippen LogP contribution is 2.39. The molecule has 2 aromatic heterocycles. The van der Waals surface area contributed by atoms with Crippen molar-refractivity contribution in [3.63, 3.8) is 0 Å². The Balaban J connectivity index is 1.74. The minimum atomic E-state index is -0.267. The lowest BCUT2D eigenvalue weighted by molar-refractivity contribution is 0.0594. The first-order valence-corrected chi connectivity index (χ1v) is 11.6. The van der Waals surface area contributed by atoms with Crippen molar-refractivity contribution in [2.75, 3.05) is 7.11 Å². The van der Waals surface area contributed by atoms with Crippen LogP contribution in [-0.4, -0.2) is 34.7 Å². The van der Waals surface area contributed by atoms with Gasteiger partial charge in [0, 0.05) is 36.1 Å². The van der Waals surface area contributed by atoms with Crippen molar-refractivity contribution >= 4 is 23.0 Å². The lowest BCUT2D eigenvalue weighted by Gasteiger charge is -2.44. The smallest absolute Gasteiger partial charge is 0.339 e. The van der Waals surface area contributed by atoms with Crippen molar-refractivity contribution < 1.29 is 9.53 Å². The van der Waals surface area contributed by atoms with Crippen molar-refractivity contribution in [3.05, 3.63) is 63.7 Å². The number of allylic oxidation sites excluding steroid dienone is 1. The van der Waals surface area contributed by atoms with E-state index < -0.39 is 0 Å². The van der Waals surface area contributed by atoms with Gasteiger partial charge in [0.05, 0.1) is 24.4 Å². The summed E-state index contributed by atoms with van der Waals surface area (Å²) in [7, 11) is 1.44. The van der Waals surface area contributed by atoms with Crippen LogP contribution >= 0.6 is 11.3 Å². The zero-order chi connectivity index (χ0) is 21.1. The number of thiophene rings is 1. The van der Waals surface area contributed by atoms with Gasteiger partial charge in [-0.05, 0) is 61.1 Å². The van der Waals surface area contributed by atoms with Crippen LogP contribution in [0.4, 0.5) is 0 Å². The number of piperidine rings is 1. The van der Waals surface area contributed by atoms with Gasteiger partial charge in [0.25, 0.3) is 0 Å². The van der Waals surface area contributed by atoms with E-state index in [2.05, 4.69) is 36.3 Å². The zero-order valence-corrected chi connectivity index (χ0v) is 18.7. The van der Waals surface area contributed by atoms with Gasteiger partial charge in [-0.1, -0.05) is 19.1 Å². The number of esters is 1. The van der Waals surface area contributed by atoms with E-state index in [1.165, 1.54) is 18.4 Å². The Morgan fingerprint density at radius 1 is 1.30 bits per heavy atom. The van der Waals surface area contributed by atoms with Crippen LogP contribution < -0.4 is 0 Å². The number of nitrogens with zero attached hydrogens (tertiary/aromatic N) is 3. The van der Waals surface area contributed by atoms with Gasteiger partial charge in [-0.25, -0.2) is 4.79 Å². The summed E-state index contributed by atoms with van der Waals surface area (Å²) < 4.78 is 5.02. The predicted octanol–water partition coefficient (Wildman–Crippen LogP) is 5.33. The van der Waals surface area contributed by atoms with Gasteiger partial charge >= 0.3 is 5.97 Å². The standard InChI is InChI=1S/C24H29N3O2S/c1-16-7-5-11-25-22(16)20-9-4-10-21(23-17(2)8-6-12-26-23)27(20)13-18-14-30-15-19(18)24(28)29-3/h5-7,11-12,14-15,17,20-21H,4,8-10,13H2,1-3H3/t17?,20-,21+/m0/s1. The van der Waals surface area contributed by atoms with Crippen molar-refractivity contribution in [1.29, 1.82) is 0 Å². The molecule has 0 amide bonds. The van der Waals surface area contributed by atoms with Crippen LogP contribution in [0.15, 0.2) is 46.4 Å². The molecule has 2 aliphatic heterocycles. The molecular weight excluding hydrogens is 394 g/mol. The van der Waals surface area contributed by atoms with E-state index in [0.717, 1.165) is 36.9 Å². The Kier molecular flexibility index (Phi) is 6.44. The minimum absolute atomic E-state index is 0.205. The first-order valence-electron chi connectivity index (χ1n) is 10.6. The number of aryl methyl sites for hydroxylation is 1. The van der Waals surface area contributed by atoms with Crippen molar-refractivity contribution in [1.82, 2.24) is 9.88 Å². The lowest BCUT2D eigenvalue weighted by Crippen LogP contribution is -2.48. The molecule has 2 aromatic rings. The number of carbonyl (C=O) groups excluding carboxylic acids is 1. The van der Waals surface area contributed by atoms with Gasteiger partial charge in [0.2, 0.25) is 0 Å². The van der Waals surface area contributed by atoms with Gasteiger partial charge in [0.15, 0.2) is 0 Å². The summed E-state index contributed by atoms with van der Waals surface area (Å²) in [6, 6.07) is 4.58. The van der Waals surface area contributed by atoms with E-state index in [0.29, 0.717) is 18.0 Å². The Bertz CT molecular complexity index is 965. The highest BCUT2D eigenvalue weighted by Gasteiger charge is 2.38. The van der Waals surface area contributed by atoms with E-state index in [-0.39, 0.29) is 18.1 Å². The summed E-state index contributed by atoms with van der Waals surface area (Å²) in [5.74, 6) is 0.158. The number of hydrogen-bond acceptors (Lipinski definition) is 6. The van der Waals surface area contributed by atoms with Crippen molar-refractivity contribution in [3.8, 4) is 0 Å². The number of ether oxygens (including phenoxy) is 1. The molecular formula is C24H29N3O2S. The molecule has 0 spiro atoms. The molecule has 1 unspecified atom stereocenters. The summed E-state index contributed by atoms with van der Waals surface area (Å²) in [5, 5.41) is 3.97. The third kappa shape index (κ3) is 4.12. The molecule has 4 rings (SSSR count). The molecule has 4 heterocycles. The van der Waals surface area contributed by atoms with Crippen LogP contribution in [0.25, 0.3) is 0 Å². The molecule has 1 saturated heterocycles. The van der Waals surface area contributed by atoms with Gasteiger partial charge in [0.1, 0.15) is 0 Å². The molecule has 0 radical (unpaired) electrons. The van der Waals surface area contributed by atoms with Gasteiger partial charge in [-0.2, -0.15) is 11.3 Å². The highest BCUT2D eigenvalue weighted by atomic mass is 32.1. The summed E-state index contributed by atoms with van der Waals surface area (Å²) in [6.45, 7) is 5.09. The fourth-order valence-corrected chi connectivity index (χ4v) is 5.55. The second kappa shape index (κ2) is 9.23. The van der Waals surface area contributed by atoms with E-state index in [1.54, 1.807) is 11.3 Å². The number of likely N-dealkylation sites (tertiary alicyclic amines) is 1. The molecule has 158 valence electrons. The average molecular weight is 424 g/mol. The van der Waals surface area contributed by atoms with E-state index in [9.17, 15) is 4.79 Å². The summed E-state index contributed by atoms with van der Waals surface area (Å²) >= 11 is 1.55. The molecule has 0 aromatic carbocycles. The number of aliphatic imine (C=N–C) groups is 1. The summed E-state index contributed by atoms with van der Waals surface area (Å²) in [6.07, 6.45) is 10.3. The van der Waals surface area contributed by atoms with E-state index >= 15 is 0 Å². The Morgan fingerprint density at radius 2 is 2.13 bits per heavy atom. The van der Waals surface area contributed by atoms with E-state index in [4.69, 9.17) is 14.7 Å². The number of methoxy groups -OCH3 is 1. The topological polar surface area (TPSA) is 54.8 Å². The molecule has 5 nitrogen and oxygen atoms in total. The number of pyridine rings is 1. The van der Waals surface area contributed by atoms with Crippen LogP contribution in [0.5, 0.6) is 0 Å². The number of aromatic nitrogens is 1. The van der Waals surface area contributed by atoms with Gasteiger partial charge in [-0.3, -0.25) is 14.9 Å². The van der Waals surface area contributed by atoms with Crippen LogP contribution in [0, 0.1) is 12.8 Å². The first-order chi connectivity index (χ1) is 14.6. The number of hydrogen-bond donors (Lipinski definition) is 0. The molecule has 3 atom stereocenters. The lowest BCUT2D eigenvalue weighted by atomic mass is 9.84. The molecule has 6 heteroatoms. The maximum Gasteiger partial charge on any atom is 0.339 e. The molecule has 2 aliphatic rings. The normalized spacial score (nSPS) is 24.5. The Labute approximate surface area is 182 Å². The summed E-state index contributed by atoms with van der Waals surface area (Å²) in [4.78, 5) is 24.4. The van der Waals surface area contributed by atoms with Crippen LogP contribution in [0.1, 0.15) is 65.8 Å². The third-order valence-electron chi connectivity index (χ3n) is 6.29. The monoisotopic (exact) mass is 423 g/mol. The predicted molar refractivity (Wildman–Crippen MR) is 121 cm³/mol. The summed E-state index contributed by atoms with van der Waals surface area (Å²) in [5.41, 5.74) is 5.30. The number of rotatable bonds is 5. The second-order valence-corrected chi connectivity index (χ2v) is 8.96. The highest BCUT2D eigenvalue weighted by molar-refractivity contribution is 7.08. The van der Waals surface area contributed by atoms with E-state index in [1.807, 2.05) is 23.8 Å². The van der Waals surface area contributed by atoms with Gasteiger partial charge < -0.3 is 4.74 Å².